The molecule has 3 rings (SSSR count). The summed E-state index contributed by atoms with van der Waals surface area (Å²) in [6, 6.07) is 10.4. The fraction of sp³-hybridized carbons (Fsp3) is 0.632. The third kappa shape index (κ3) is 3.79. The Morgan fingerprint density at radius 2 is 2.04 bits per heavy atom. The molecule has 1 aromatic rings. The van der Waals surface area contributed by atoms with E-state index in [0.29, 0.717) is 26.2 Å². The zero-order valence-corrected chi connectivity index (χ0v) is 14.5. The van der Waals surface area contributed by atoms with Crippen LogP contribution >= 0.6 is 0 Å². The van der Waals surface area contributed by atoms with Crippen molar-refractivity contribution in [2.45, 2.75) is 51.0 Å². The Morgan fingerprint density at radius 3 is 2.71 bits per heavy atom. The van der Waals surface area contributed by atoms with Crippen molar-refractivity contribution in [2.75, 3.05) is 19.8 Å². The molecular weight excluding hydrogens is 306 g/mol. The number of nitrogens with one attached hydrogen (secondary N) is 1. The van der Waals surface area contributed by atoms with Gasteiger partial charge in [0.05, 0.1) is 25.7 Å². The molecule has 0 aromatic heterocycles. The first-order chi connectivity index (χ1) is 11.6. The number of carbonyl (C=O) groups is 1. The number of esters is 1. The fourth-order valence-electron chi connectivity index (χ4n) is 3.78. The lowest BCUT2D eigenvalue weighted by molar-refractivity contribution is -0.194. The summed E-state index contributed by atoms with van der Waals surface area (Å²) in [5.74, 6) is -0.811. The molecule has 1 spiro atoms. The average Bonchev–Trinajstić information content (AvgIpc) is 3.04. The van der Waals surface area contributed by atoms with Gasteiger partial charge in [-0.1, -0.05) is 30.3 Å². The second kappa shape index (κ2) is 7.64. The molecule has 1 aliphatic heterocycles. The van der Waals surface area contributed by atoms with Crippen molar-refractivity contribution in [3.63, 3.8) is 0 Å². The number of hydrogen-bond donors (Lipinski definition) is 1. The molecule has 0 radical (unpaired) electrons. The summed E-state index contributed by atoms with van der Waals surface area (Å²) in [4.78, 5) is 12.4. The molecule has 1 aliphatic carbocycles. The minimum atomic E-state index is -0.531. The van der Waals surface area contributed by atoms with Crippen molar-refractivity contribution in [3.8, 4) is 0 Å². The molecule has 5 nitrogen and oxygen atoms in total. The number of rotatable bonds is 5. The van der Waals surface area contributed by atoms with Gasteiger partial charge in [0.25, 0.3) is 0 Å². The molecule has 2 fully saturated rings. The molecule has 24 heavy (non-hydrogen) atoms. The van der Waals surface area contributed by atoms with E-state index >= 15 is 0 Å². The molecule has 2 aliphatic rings. The van der Waals surface area contributed by atoms with Gasteiger partial charge >= 0.3 is 5.97 Å². The highest BCUT2D eigenvalue weighted by Crippen LogP contribution is 2.39. The van der Waals surface area contributed by atoms with Gasteiger partial charge in [0, 0.05) is 24.9 Å². The summed E-state index contributed by atoms with van der Waals surface area (Å²) in [5, 5.41) is 3.61. The molecule has 5 heteroatoms. The largest absolute Gasteiger partial charge is 0.466 e. The van der Waals surface area contributed by atoms with Gasteiger partial charge in [0.2, 0.25) is 0 Å². The lowest BCUT2D eigenvalue weighted by Gasteiger charge is -2.41. The third-order valence-corrected chi connectivity index (χ3v) is 5.02. The highest BCUT2D eigenvalue weighted by molar-refractivity contribution is 5.73. The number of carbonyl (C=O) groups excluding carboxylic acids is 1. The van der Waals surface area contributed by atoms with E-state index in [9.17, 15) is 4.79 Å². The van der Waals surface area contributed by atoms with Gasteiger partial charge in [0.15, 0.2) is 5.79 Å². The van der Waals surface area contributed by atoms with E-state index in [1.165, 1.54) is 5.56 Å². The van der Waals surface area contributed by atoms with Crippen LogP contribution in [0.4, 0.5) is 0 Å². The van der Waals surface area contributed by atoms with Crippen LogP contribution in [0, 0.1) is 5.92 Å². The average molecular weight is 333 g/mol. The molecule has 3 atom stereocenters. The van der Waals surface area contributed by atoms with Gasteiger partial charge in [-0.3, -0.25) is 4.79 Å². The molecule has 132 valence electrons. The van der Waals surface area contributed by atoms with Gasteiger partial charge in [-0.25, -0.2) is 0 Å². The van der Waals surface area contributed by atoms with Gasteiger partial charge in [-0.15, -0.1) is 0 Å². The Labute approximate surface area is 143 Å². The Hall–Kier alpha value is -1.43. The van der Waals surface area contributed by atoms with Crippen molar-refractivity contribution < 1.29 is 19.0 Å². The van der Waals surface area contributed by atoms with Crippen LogP contribution in [0.5, 0.6) is 0 Å². The van der Waals surface area contributed by atoms with E-state index in [2.05, 4.69) is 24.4 Å². The van der Waals surface area contributed by atoms with Crippen LogP contribution in [0.3, 0.4) is 0 Å². The summed E-state index contributed by atoms with van der Waals surface area (Å²) < 4.78 is 17.0. The predicted molar refractivity (Wildman–Crippen MR) is 90.4 cm³/mol. The smallest absolute Gasteiger partial charge is 0.310 e. The summed E-state index contributed by atoms with van der Waals surface area (Å²) in [7, 11) is 0. The zero-order valence-electron chi connectivity index (χ0n) is 14.5. The van der Waals surface area contributed by atoms with Crippen LogP contribution in [0.15, 0.2) is 30.3 Å². The quantitative estimate of drug-likeness (QED) is 0.840. The molecule has 1 saturated heterocycles. The predicted octanol–water partition coefficient (Wildman–Crippen LogP) is 2.81. The minimum absolute atomic E-state index is 0.0221. The minimum Gasteiger partial charge on any atom is -0.466 e. The standard InChI is InChI=1S/C19H27NO4/c1-3-22-18(21)16-9-10-19(23-11-12-24-19)13-17(16)20-14(2)15-7-5-4-6-8-15/h4-8,14,16-17,20H,3,9-13H2,1-2H3/t14?,16?,17-/m1/s1. The summed E-state index contributed by atoms with van der Waals surface area (Å²) in [5.41, 5.74) is 1.20. The topological polar surface area (TPSA) is 56.8 Å². The van der Waals surface area contributed by atoms with Crippen LogP contribution in [0.2, 0.25) is 0 Å². The van der Waals surface area contributed by atoms with Crippen molar-refractivity contribution in [3.05, 3.63) is 35.9 Å². The Morgan fingerprint density at radius 1 is 1.33 bits per heavy atom. The molecule has 1 heterocycles. The molecule has 0 bridgehead atoms. The van der Waals surface area contributed by atoms with Gasteiger partial charge in [-0.05, 0) is 25.8 Å². The van der Waals surface area contributed by atoms with Gasteiger partial charge in [0.1, 0.15) is 0 Å². The highest BCUT2D eigenvalue weighted by atomic mass is 16.7. The third-order valence-electron chi connectivity index (χ3n) is 5.02. The number of hydrogen-bond acceptors (Lipinski definition) is 5. The maximum atomic E-state index is 12.4. The van der Waals surface area contributed by atoms with E-state index in [0.717, 1.165) is 12.8 Å². The maximum Gasteiger partial charge on any atom is 0.310 e. The molecule has 1 aromatic carbocycles. The van der Waals surface area contributed by atoms with Crippen molar-refractivity contribution in [1.82, 2.24) is 5.32 Å². The van der Waals surface area contributed by atoms with Gasteiger partial charge in [-0.2, -0.15) is 0 Å². The lowest BCUT2D eigenvalue weighted by atomic mass is 9.80. The number of benzene rings is 1. The molecular formula is C19H27NO4. The summed E-state index contributed by atoms with van der Waals surface area (Å²) in [6.45, 7) is 5.64. The van der Waals surface area contributed by atoms with E-state index < -0.39 is 5.79 Å². The zero-order chi connectivity index (χ0) is 17.0. The van der Waals surface area contributed by atoms with Crippen LogP contribution < -0.4 is 5.32 Å². The Bertz CT molecular complexity index is 542. The van der Waals surface area contributed by atoms with E-state index in [4.69, 9.17) is 14.2 Å². The van der Waals surface area contributed by atoms with Crippen LogP contribution in [-0.4, -0.2) is 37.6 Å². The van der Waals surface area contributed by atoms with Crippen LogP contribution in [-0.2, 0) is 19.0 Å². The molecule has 1 saturated carbocycles. The number of ether oxygens (including phenoxy) is 3. The molecule has 2 unspecified atom stereocenters. The van der Waals surface area contributed by atoms with Crippen molar-refractivity contribution in [1.29, 1.82) is 0 Å². The Balaban J connectivity index is 1.74. The molecule has 1 N–H and O–H groups in total. The summed E-state index contributed by atoms with van der Waals surface area (Å²) >= 11 is 0. The van der Waals surface area contributed by atoms with E-state index in [1.54, 1.807) is 0 Å². The first kappa shape index (κ1) is 17.4. The monoisotopic (exact) mass is 333 g/mol. The second-order valence-electron chi connectivity index (χ2n) is 6.61. The highest BCUT2D eigenvalue weighted by Gasteiger charge is 2.47. The Kier molecular flexibility index (Phi) is 5.54. The summed E-state index contributed by atoms with van der Waals surface area (Å²) in [6.07, 6.45) is 2.14. The van der Waals surface area contributed by atoms with Crippen LogP contribution in [0.1, 0.15) is 44.7 Å². The second-order valence-corrected chi connectivity index (χ2v) is 6.61. The van der Waals surface area contributed by atoms with Crippen molar-refractivity contribution in [2.24, 2.45) is 5.92 Å². The first-order valence-electron chi connectivity index (χ1n) is 8.89. The van der Waals surface area contributed by atoms with Crippen LogP contribution in [0.25, 0.3) is 0 Å². The normalized spacial score (nSPS) is 27.1. The SMILES string of the molecule is CCOC(=O)C1CCC2(C[C@H]1NC(C)c1ccccc1)OCCO2. The van der Waals surface area contributed by atoms with Crippen molar-refractivity contribution >= 4 is 5.97 Å². The first-order valence-corrected chi connectivity index (χ1v) is 8.89. The fourth-order valence-corrected chi connectivity index (χ4v) is 3.78. The van der Waals surface area contributed by atoms with Gasteiger partial charge < -0.3 is 19.5 Å². The van der Waals surface area contributed by atoms with E-state index in [1.807, 2.05) is 25.1 Å². The molecule has 0 amide bonds. The lowest BCUT2D eigenvalue weighted by Crippen LogP contribution is -2.52. The maximum absolute atomic E-state index is 12.4. The van der Waals surface area contributed by atoms with E-state index in [-0.39, 0.29) is 24.0 Å².